The third-order valence-corrected chi connectivity index (χ3v) is 10.4. The van der Waals surface area contributed by atoms with Gasteiger partial charge >= 0.3 is 11.9 Å². The van der Waals surface area contributed by atoms with Gasteiger partial charge in [0.2, 0.25) is 0 Å². The Morgan fingerprint density at radius 2 is 1.70 bits per heavy atom. The molecule has 1 aliphatic heterocycles. The summed E-state index contributed by atoms with van der Waals surface area (Å²) in [5, 5.41) is 35.1. The molecular weight excluding hydrogens is 638 g/mol. The molecule has 10 nitrogen and oxygen atoms in total. The van der Waals surface area contributed by atoms with Gasteiger partial charge in [0.05, 0.1) is 36.4 Å². The first-order valence-corrected chi connectivity index (χ1v) is 19.1. The van der Waals surface area contributed by atoms with E-state index in [0.29, 0.717) is 25.2 Å². The molecule has 2 fully saturated rings. The van der Waals surface area contributed by atoms with E-state index in [4.69, 9.17) is 24.1 Å². The smallest absolute Gasteiger partial charge is 0.309 e. The zero-order valence-corrected chi connectivity index (χ0v) is 32.1. The van der Waals surface area contributed by atoms with E-state index in [9.17, 15) is 19.8 Å². The minimum Gasteiger partial charge on any atom is -0.458 e. The normalized spacial score (nSPS) is 24.5. The number of epoxide rings is 1. The molecule has 0 aromatic rings. The molecule has 10 atom stereocenters. The van der Waals surface area contributed by atoms with Gasteiger partial charge < -0.3 is 39.6 Å². The highest BCUT2D eigenvalue weighted by Gasteiger charge is 2.54. The predicted octanol–water partition coefficient (Wildman–Crippen LogP) is 5.97. The second-order valence-electron chi connectivity index (χ2n) is 14.8. The molecule has 0 aromatic heterocycles. The molecule has 1 saturated heterocycles. The van der Waals surface area contributed by atoms with Crippen LogP contribution >= 0.6 is 0 Å². The van der Waals surface area contributed by atoms with Gasteiger partial charge in [0.15, 0.2) is 0 Å². The van der Waals surface area contributed by atoms with Crippen molar-refractivity contribution < 1.29 is 43.9 Å². The van der Waals surface area contributed by atoms with E-state index in [0.717, 1.165) is 18.5 Å². The molecule has 0 bridgehead atoms. The number of esters is 2. The Balaban J connectivity index is 2.30. The number of hydrogen-bond donors (Lipinski definition) is 4. The van der Waals surface area contributed by atoms with E-state index in [1.807, 2.05) is 45.9 Å². The Morgan fingerprint density at radius 3 is 2.28 bits per heavy atom. The zero-order chi connectivity index (χ0) is 37.3. The SMILES string of the molecule is CCC(C=CC(C)C(OC(=O)CC(O)CCCO)C(C)=CC=CC(C)(O)C(NCC1CCCCCC1)C1OC1C(C)C(CC)OC)OC(C)=O. The molecule has 0 spiro atoms. The lowest BCUT2D eigenvalue weighted by molar-refractivity contribution is -0.151. The number of carbonyl (C=O) groups excluding carboxylic acids is 2. The van der Waals surface area contributed by atoms with E-state index >= 15 is 0 Å². The number of nitrogens with one attached hydrogen (secondary N) is 1. The monoisotopic (exact) mass is 707 g/mol. The number of aliphatic hydroxyl groups excluding tert-OH is 2. The number of carbonyl (C=O) groups is 2. The van der Waals surface area contributed by atoms with Crippen LogP contribution in [0, 0.1) is 17.8 Å². The van der Waals surface area contributed by atoms with Crippen molar-refractivity contribution in [3.8, 4) is 0 Å². The minimum absolute atomic E-state index is 0.0215. The predicted molar refractivity (Wildman–Crippen MR) is 196 cm³/mol. The Morgan fingerprint density at radius 1 is 1.02 bits per heavy atom. The van der Waals surface area contributed by atoms with Crippen LogP contribution in [0.15, 0.2) is 36.0 Å². The molecule has 1 saturated carbocycles. The van der Waals surface area contributed by atoms with Crippen LogP contribution in [0.25, 0.3) is 0 Å². The van der Waals surface area contributed by atoms with Gasteiger partial charge in [-0.05, 0) is 76.5 Å². The average Bonchev–Trinajstić information content (AvgIpc) is 3.89. The molecule has 0 radical (unpaired) electrons. The first-order valence-electron chi connectivity index (χ1n) is 19.1. The highest BCUT2D eigenvalue weighted by atomic mass is 16.6. The fourth-order valence-corrected chi connectivity index (χ4v) is 7.20. The summed E-state index contributed by atoms with van der Waals surface area (Å²) >= 11 is 0. The van der Waals surface area contributed by atoms with Gasteiger partial charge in [0.1, 0.15) is 18.3 Å². The standard InChI is InChI=1S/C40H69NO9/c1-9-33(48-30(6)43)22-21-28(4)36(49-35(45)25-32(44)20-16-24-42)27(3)17-15-23-40(7,46)39(41-26-31-18-13-11-12-14-19-31)38-37(50-38)29(5)34(10-2)47-8/h15,17,21-23,28-29,31-34,36-39,41-42,44,46H,9-14,16,18-20,24-26H2,1-8H3. The quantitative estimate of drug-likeness (QED) is 0.0330. The van der Waals surface area contributed by atoms with E-state index in [1.165, 1.54) is 45.4 Å². The molecule has 1 heterocycles. The zero-order valence-electron chi connectivity index (χ0n) is 32.1. The number of methoxy groups -OCH3 is 1. The second-order valence-corrected chi connectivity index (χ2v) is 14.8. The van der Waals surface area contributed by atoms with Crippen molar-refractivity contribution in [1.29, 1.82) is 0 Å². The summed E-state index contributed by atoms with van der Waals surface area (Å²) < 4.78 is 23.3. The van der Waals surface area contributed by atoms with Crippen LogP contribution in [-0.4, -0.2) is 95.8 Å². The third-order valence-electron chi connectivity index (χ3n) is 10.4. The Kier molecular flexibility index (Phi) is 20.1. The summed E-state index contributed by atoms with van der Waals surface area (Å²) in [6.45, 7) is 13.9. The van der Waals surface area contributed by atoms with Crippen LogP contribution in [0.5, 0.6) is 0 Å². The van der Waals surface area contributed by atoms with Crippen molar-refractivity contribution in [3.05, 3.63) is 36.0 Å². The van der Waals surface area contributed by atoms with Crippen LogP contribution in [0.2, 0.25) is 0 Å². The molecule has 4 N–H and O–H groups in total. The van der Waals surface area contributed by atoms with Gasteiger partial charge in [-0.25, -0.2) is 0 Å². The van der Waals surface area contributed by atoms with Gasteiger partial charge in [-0.2, -0.15) is 0 Å². The maximum atomic E-state index is 12.9. The van der Waals surface area contributed by atoms with Crippen LogP contribution < -0.4 is 5.32 Å². The average molecular weight is 708 g/mol. The lowest BCUT2D eigenvalue weighted by atomic mass is 9.86. The minimum atomic E-state index is -1.25. The number of ether oxygens (including phenoxy) is 4. The summed E-state index contributed by atoms with van der Waals surface area (Å²) in [7, 11) is 1.74. The Hall–Kier alpha value is -2.08. The summed E-state index contributed by atoms with van der Waals surface area (Å²) in [5.74, 6) is -0.456. The lowest BCUT2D eigenvalue weighted by Gasteiger charge is -2.32. The Bertz CT molecular complexity index is 1080. The lowest BCUT2D eigenvalue weighted by Crippen LogP contribution is -2.53. The molecule has 1 aliphatic carbocycles. The van der Waals surface area contributed by atoms with Gasteiger partial charge in [-0.3, -0.25) is 9.59 Å². The van der Waals surface area contributed by atoms with Crippen LogP contribution in [0.4, 0.5) is 0 Å². The van der Waals surface area contributed by atoms with Crippen molar-refractivity contribution in [2.24, 2.45) is 17.8 Å². The largest absolute Gasteiger partial charge is 0.458 e. The van der Waals surface area contributed by atoms with Gasteiger partial charge in [-0.1, -0.05) is 77.7 Å². The first-order chi connectivity index (χ1) is 23.8. The van der Waals surface area contributed by atoms with Crippen molar-refractivity contribution in [3.63, 3.8) is 0 Å². The first kappa shape index (κ1) is 44.1. The third kappa shape index (κ3) is 15.3. The van der Waals surface area contributed by atoms with E-state index in [2.05, 4.69) is 19.2 Å². The number of aliphatic hydroxyl groups is 3. The molecule has 0 amide bonds. The molecule has 10 unspecified atom stereocenters. The van der Waals surface area contributed by atoms with Crippen molar-refractivity contribution in [2.75, 3.05) is 20.3 Å². The highest BCUT2D eigenvalue weighted by molar-refractivity contribution is 5.70. The topological polar surface area (TPSA) is 147 Å². The number of allylic oxidation sites excluding steroid dienone is 2. The summed E-state index contributed by atoms with van der Waals surface area (Å²) in [4.78, 5) is 24.5. The second kappa shape index (κ2) is 22.8. The highest BCUT2D eigenvalue weighted by Crippen LogP contribution is 2.39. The van der Waals surface area contributed by atoms with Crippen LogP contribution in [-0.2, 0) is 28.5 Å². The van der Waals surface area contributed by atoms with Gasteiger partial charge in [0.25, 0.3) is 0 Å². The maximum Gasteiger partial charge on any atom is 0.309 e. The van der Waals surface area contributed by atoms with Gasteiger partial charge in [-0.15, -0.1) is 0 Å². The Labute approximate surface area is 302 Å². The molecule has 50 heavy (non-hydrogen) atoms. The van der Waals surface area contributed by atoms with Crippen LogP contribution in [0.1, 0.15) is 119 Å². The maximum absolute atomic E-state index is 12.9. The molecule has 288 valence electrons. The molecule has 10 heteroatoms. The fraction of sp³-hybridized carbons (Fsp3) is 0.800. The molecular formula is C40H69NO9. The summed E-state index contributed by atoms with van der Waals surface area (Å²) in [6.07, 6.45) is 16.4. The van der Waals surface area contributed by atoms with Crippen molar-refractivity contribution >= 4 is 11.9 Å². The summed E-state index contributed by atoms with van der Waals surface area (Å²) in [6, 6.07) is -0.333. The fourth-order valence-electron chi connectivity index (χ4n) is 7.20. The number of rotatable bonds is 23. The molecule has 0 aromatic carbocycles. The van der Waals surface area contributed by atoms with E-state index < -0.39 is 29.9 Å². The number of hydrogen-bond acceptors (Lipinski definition) is 10. The van der Waals surface area contributed by atoms with Crippen molar-refractivity contribution in [2.45, 2.75) is 167 Å². The van der Waals surface area contributed by atoms with Crippen LogP contribution in [0.3, 0.4) is 0 Å². The van der Waals surface area contributed by atoms with E-state index in [-0.39, 0.29) is 55.2 Å². The van der Waals surface area contributed by atoms with E-state index in [1.54, 1.807) is 19.3 Å². The molecule has 2 rings (SSSR count). The summed E-state index contributed by atoms with van der Waals surface area (Å²) in [5.41, 5.74) is -0.501. The molecule has 2 aliphatic rings. The van der Waals surface area contributed by atoms with Gasteiger partial charge in [0, 0.05) is 32.5 Å². The van der Waals surface area contributed by atoms with Crippen molar-refractivity contribution in [1.82, 2.24) is 5.32 Å².